The molecule has 0 saturated carbocycles. The summed E-state index contributed by atoms with van der Waals surface area (Å²) in [5.41, 5.74) is 1.56. The minimum Gasteiger partial charge on any atom is -0.496 e. The van der Waals surface area contributed by atoms with Crippen molar-refractivity contribution in [2.75, 3.05) is 7.11 Å². The highest BCUT2D eigenvalue weighted by molar-refractivity contribution is 6.30. The van der Waals surface area contributed by atoms with Gasteiger partial charge in [0.15, 0.2) is 5.78 Å². The van der Waals surface area contributed by atoms with Gasteiger partial charge in [0.1, 0.15) is 5.75 Å². The fourth-order valence-electron chi connectivity index (χ4n) is 2.97. The molecule has 0 bridgehead atoms. The van der Waals surface area contributed by atoms with Crippen molar-refractivity contribution in [2.24, 2.45) is 5.92 Å². The second-order valence-electron chi connectivity index (χ2n) is 5.69. The number of benzene rings is 2. The average Bonchev–Trinajstić information content (AvgIpc) is 2.61. The second kappa shape index (κ2) is 6.99. The summed E-state index contributed by atoms with van der Waals surface area (Å²) >= 11 is 5.90. The molecule has 2 N–H and O–H groups in total. The van der Waals surface area contributed by atoms with Crippen LogP contribution >= 0.6 is 11.6 Å². The molecule has 2 aromatic carbocycles. The van der Waals surface area contributed by atoms with Gasteiger partial charge >= 0.3 is 6.03 Å². The molecular formula is C19H17ClN2O3. The minimum absolute atomic E-state index is 0.162. The number of amides is 2. The number of hydrogen-bond donors (Lipinski definition) is 2. The fraction of sp³-hybridized carbons (Fsp3) is 0.158. The van der Waals surface area contributed by atoms with E-state index < -0.39 is 18.0 Å². The van der Waals surface area contributed by atoms with Crippen LogP contribution in [0, 0.1) is 5.92 Å². The Hall–Kier alpha value is -2.79. The van der Waals surface area contributed by atoms with Crippen LogP contribution in [-0.4, -0.2) is 18.9 Å². The summed E-state index contributed by atoms with van der Waals surface area (Å²) in [6.07, 6.45) is 0. The molecule has 2 amide bonds. The first-order chi connectivity index (χ1) is 12.0. The highest BCUT2D eigenvalue weighted by Crippen LogP contribution is 2.36. The first kappa shape index (κ1) is 17.0. The zero-order valence-corrected chi connectivity index (χ0v) is 14.3. The molecule has 128 valence electrons. The topological polar surface area (TPSA) is 67.4 Å². The van der Waals surface area contributed by atoms with E-state index in [2.05, 4.69) is 17.2 Å². The van der Waals surface area contributed by atoms with E-state index in [1.165, 1.54) is 0 Å². The zero-order chi connectivity index (χ0) is 18.0. The van der Waals surface area contributed by atoms with Crippen molar-refractivity contribution in [1.29, 1.82) is 0 Å². The van der Waals surface area contributed by atoms with E-state index in [1.54, 1.807) is 37.4 Å². The van der Waals surface area contributed by atoms with Crippen LogP contribution in [0.25, 0.3) is 0 Å². The van der Waals surface area contributed by atoms with Crippen LogP contribution in [-0.2, 0) is 0 Å². The second-order valence-corrected chi connectivity index (χ2v) is 6.13. The van der Waals surface area contributed by atoms with E-state index in [1.807, 2.05) is 18.2 Å². The molecule has 2 aromatic rings. The summed E-state index contributed by atoms with van der Waals surface area (Å²) in [6.45, 7) is 3.88. The standard InChI is InChI=1S/C19H17ClN2O3/c1-11-16(18(23)12-7-9-13(20)10-8-12)17(22-19(24)21-11)14-5-3-4-6-15(14)25-2/h3-10,16-17H,1H2,2H3,(H2,21,22,24)/t16-,17-/m0/s1. The van der Waals surface area contributed by atoms with Crippen molar-refractivity contribution in [2.45, 2.75) is 6.04 Å². The van der Waals surface area contributed by atoms with Gasteiger partial charge in [-0.25, -0.2) is 4.79 Å². The van der Waals surface area contributed by atoms with E-state index in [4.69, 9.17) is 16.3 Å². The third-order valence-corrected chi connectivity index (χ3v) is 4.41. The molecule has 3 rings (SSSR count). The first-order valence-corrected chi connectivity index (χ1v) is 8.08. The molecule has 1 saturated heterocycles. The molecule has 0 radical (unpaired) electrons. The Morgan fingerprint density at radius 1 is 1.16 bits per heavy atom. The van der Waals surface area contributed by atoms with Gasteiger partial charge in [0, 0.05) is 21.8 Å². The fourth-order valence-corrected chi connectivity index (χ4v) is 3.10. The Kier molecular flexibility index (Phi) is 4.76. The van der Waals surface area contributed by atoms with Gasteiger partial charge in [-0.3, -0.25) is 4.79 Å². The van der Waals surface area contributed by atoms with Crippen molar-refractivity contribution >= 4 is 23.4 Å². The highest BCUT2D eigenvalue weighted by atomic mass is 35.5. The van der Waals surface area contributed by atoms with Crippen molar-refractivity contribution in [3.05, 3.63) is 77.0 Å². The molecule has 1 fully saturated rings. The Morgan fingerprint density at radius 3 is 2.52 bits per heavy atom. The Bertz CT molecular complexity index is 833. The van der Waals surface area contributed by atoms with Crippen molar-refractivity contribution in [3.63, 3.8) is 0 Å². The Labute approximate surface area is 150 Å². The number of rotatable bonds is 4. The maximum atomic E-state index is 13.1. The predicted octanol–water partition coefficient (Wildman–Crippen LogP) is 3.72. The Balaban J connectivity index is 2.04. The number of methoxy groups -OCH3 is 1. The SMILES string of the molecule is C=C1NC(=O)N[C@@H](c2ccccc2OC)[C@H]1C(=O)c1ccc(Cl)cc1. The molecule has 0 aliphatic carbocycles. The summed E-state index contributed by atoms with van der Waals surface area (Å²) in [5.74, 6) is -0.239. The van der Waals surface area contributed by atoms with E-state index in [0.29, 0.717) is 27.6 Å². The minimum atomic E-state index is -0.671. The molecular weight excluding hydrogens is 340 g/mol. The number of carbonyl (C=O) groups is 2. The largest absolute Gasteiger partial charge is 0.496 e. The summed E-state index contributed by atoms with van der Waals surface area (Å²) in [6, 6.07) is 12.9. The average molecular weight is 357 g/mol. The van der Waals surface area contributed by atoms with Crippen LogP contribution in [0.1, 0.15) is 22.0 Å². The van der Waals surface area contributed by atoms with Crippen LogP contribution < -0.4 is 15.4 Å². The van der Waals surface area contributed by atoms with Gasteiger partial charge in [0.25, 0.3) is 0 Å². The molecule has 0 spiro atoms. The van der Waals surface area contributed by atoms with Gasteiger partial charge in [-0.1, -0.05) is 36.4 Å². The number of nitrogens with one attached hydrogen (secondary N) is 2. The summed E-state index contributed by atoms with van der Waals surface area (Å²) in [7, 11) is 1.55. The monoisotopic (exact) mass is 356 g/mol. The van der Waals surface area contributed by atoms with Gasteiger partial charge in [0.2, 0.25) is 0 Å². The van der Waals surface area contributed by atoms with Gasteiger partial charge in [-0.2, -0.15) is 0 Å². The summed E-state index contributed by atoms with van der Waals surface area (Å²) in [5, 5.41) is 5.96. The molecule has 1 aliphatic heterocycles. The smallest absolute Gasteiger partial charge is 0.319 e. The lowest BCUT2D eigenvalue weighted by Crippen LogP contribution is -2.50. The van der Waals surface area contributed by atoms with Crippen molar-refractivity contribution < 1.29 is 14.3 Å². The third kappa shape index (κ3) is 3.37. The zero-order valence-electron chi connectivity index (χ0n) is 13.6. The van der Waals surface area contributed by atoms with Gasteiger partial charge < -0.3 is 15.4 Å². The number of halogens is 1. The van der Waals surface area contributed by atoms with Crippen LogP contribution in [0.15, 0.2) is 60.8 Å². The molecule has 25 heavy (non-hydrogen) atoms. The number of para-hydroxylation sites is 1. The molecule has 0 unspecified atom stereocenters. The van der Waals surface area contributed by atoms with Crippen LogP contribution in [0.2, 0.25) is 5.02 Å². The van der Waals surface area contributed by atoms with Gasteiger partial charge in [-0.05, 0) is 30.3 Å². The van der Waals surface area contributed by atoms with Crippen LogP contribution in [0.5, 0.6) is 5.75 Å². The highest BCUT2D eigenvalue weighted by Gasteiger charge is 2.39. The number of ketones is 1. The van der Waals surface area contributed by atoms with E-state index >= 15 is 0 Å². The van der Waals surface area contributed by atoms with Crippen LogP contribution in [0.4, 0.5) is 4.79 Å². The molecule has 0 aromatic heterocycles. The lowest BCUT2D eigenvalue weighted by atomic mass is 9.83. The Morgan fingerprint density at radius 2 is 1.84 bits per heavy atom. The number of hydrogen-bond acceptors (Lipinski definition) is 3. The number of urea groups is 1. The first-order valence-electron chi connectivity index (χ1n) is 7.70. The van der Waals surface area contributed by atoms with Crippen molar-refractivity contribution in [3.8, 4) is 5.75 Å². The molecule has 1 heterocycles. The number of ether oxygens (including phenoxy) is 1. The normalized spacial score (nSPS) is 19.8. The molecule has 2 atom stereocenters. The van der Waals surface area contributed by atoms with Gasteiger partial charge in [-0.15, -0.1) is 0 Å². The van der Waals surface area contributed by atoms with Gasteiger partial charge in [0.05, 0.1) is 19.1 Å². The third-order valence-electron chi connectivity index (χ3n) is 4.15. The quantitative estimate of drug-likeness (QED) is 0.820. The lowest BCUT2D eigenvalue weighted by molar-refractivity contribution is 0.0904. The maximum absolute atomic E-state index is 13.1. The van der Waals surface area contributed by atoms with E-state index in [9.17, 15) is 9.59 Å². The molecule has 1 aliphatic rings. The summed E-state index contributed by atoms with van der Waals surface area (Å²) < 4.78 is 5.39. The van der Waals surface area contributed by atoms with Crippen LogP contribution in [0.3, 0.4) is 0 Å². The number of carbonyl (C=O) groups excluding carboxylic acids is 2. The number of Topliss-reactive ketones (excluding diaryl/α,β-unsaturated/α-hetero) is 1. The summed E-state index contributed by atoms with van der Waals surface area (Å²) in [4.78, 5) is 25.0. The molecule has 6 heteroatoms. The molecule has 5 nitrogen and oxygen atoms in total. The van der Waals surface area contributed by atoms with E-state index in [0.717, 1.165) is 0 Å². The van der Waals surface area contributed by atoms with Crippen molar-refractivity contribution in [1.82, 2.24) is 10.6 Å². The maximum Gasteiger partial charge on any atom is 0.319 e. The lowest BCUT2D eigenvalue weighted by Gasteiger charge is -2.34. The predicted molar refractivity (Wildman–Crippen MR) is 95.8 cm³/mol. The van der Waals surface area contributed by atoms with E-state index in [-0.39, 0.29) is 5.78 Å².